The van der Waals surface area contributed by atoms with E-state index in [4.69, 9.17) is 0 Å². The van der Waals surface area contributed by atoms with Gasteiger partial charge in [-0.3, -0.25) is 0 Å². The molecule has 179 valence electrons. The molecule has 0 spiro atoms. The van der Waals surface area contributed by atoms with Crippen LogP contribution in [0.3, 0.4) is 0 Å². The van der Waals surface area contributed by atoms with E-state index in [-0.39, 0.29) is 5.78 Å². The number of rotatable bonds is 6. The van der Waals surface area contributed by atoms with Crippen LogP contribution in [0.2, 0.25) is 0 Å². The zero-order valence-corrected chi connectivity index (χ0v) is 22.7. The van der Waals surface area contributed by atoms with Crippen molar-refractivity contribution in [2.45, 2.75) is 0 Å². The normalized spacial score (nSPS) is 11.3. The fraction of sp³-hybridized carbons (Fsp3) is 0. The van der Waals surface area contributed by atoms with Gasteiger partial charge >= 0.3 is 223 Å². The predicted molar refractivity (Wildman–Crippen MR) is 150 cm³/mol. The zero-order chi connectivity index (χ0) is 24.6. The van der Waals surface area contributed by atoms with Gasteiger partial charge in [-0.05, 0) is 0 Å². The van der Waals surface area contributed by atoms with Crippen LogP contribution in [0.4, 0.5) is 0 Å². The Hall–Kier alpha value is -3.50. The summed E-state index contributed by atoms with van der Waals surface area (Å²) in [5.74, 6) is 3.45. The molecular formula is C33H25AuOP. The van der Waals surface area contributed by atoms with Crippen molar-refractivity contribution in [1.29, 1.82) is 0 Å². The van der Waals surface area contributed by atoms with Crippen LogP contribution in [-0.4, -0.2) is 5.78 Å². The van der Waals surface area contributed by atoms with E-state index in [9.17, 15) is 4.79 Å². The van der Waals surface area contributed by atoms with E-state index in [1.54, 1.807) is 0 Å². The van der Waals surface area contributed by atoms with Gasteiger partial charge in [-0.1, -0.05) is 0 Å². The standard InChI is InChI=1S/C18H15P.C15H9O.Au/c1-4-10-16(11-5-1)19(17-12-6-2-7-13-17)18-14-8-3-9-15-18;1-2-12-7-6-10-14(11-12)15(16)13-8-4-3-5-9-13;/h1-15H;3-11H;/q;;-1/p+1. The Bertz CT molecular complexity index is 1410. The SMILES string of the molecule is O=C(c1ccccc1)c1cccc(C#[C][Au][PH](c2ccccc2)(c2ccccc2)c2ccccc2)c1. The Balaban J connectivity index is 1.56. The molecule has 0 saturated heterocycles. The van der Waals surface area contributed by atoms with Gasteiger partial charge in [0.1, 0.15) is 0 Å². The quantitative estimate of drug-likeness (QED) is 0.0949. The average molecular weight is 666 g/mol. The Labute approximate surface area is 222 Å². The summed E-state index contributed by atoms with van der Waals surface area (Å²) >= 11 is -0.415. The van der Waals surface area contributed by atoms with Gasteiger partial charge in [0.05, 0.1) is 0 Å². The summed E-state index contributed by atoms with van der Waals surface area (Å²) in [6.07, 6.45) is 0. The Kier molecular flexibility index (Phi) is 7.73. The van der Waals surface area contributed by atoms with E-state index in [1.807, 2.05) is 54.6 Å². The molecule has 5 rings (SSSR count). The van der Waals surface area contributed by atoms with Crippen molar-refractivity contribution in [3.63, 3.8) is 0 Å². The van der Waals surface area contributed by atoms with E-state index < -0.39 is 24.4 Å². The molecule has 36 heavy (non-hydrogen) atoms. The average Bonchev–Trinajstić information content (AvgIpc) is 2.97. The van der Waals surface area contributed by atoms with Gasteiger partial charge in [0.25, 0.3) is 0 Å². The van der Waals surface area contributed by atoms with Gasteiger partial charge in [-0.25, -0.2) is 0 Å². The molecule has 0 N–H and O–H groups in total. The molecule has 0 saturated carbocycles. The van der Waals surface area contributed by atoms with Crippen molar-refractivity contribution in [3.05, 3.63) is 162 Å². The van der Waals surface area contributed by atoms with Crippen LogP contribution in [-0.2, 0) is 19.2 Å². The molecule has 1 nitrogen and oxygen atoms in total. The second kappa shape index (κ2) is 11.5. The number of benzene rings is 5. The molecule has 0 atom stereocenters. The van der Waals surface area contributed by atoms with E-state index in [0.717, 1.165) is 5.56 Å². The first-order chi connectivity index (χ1) is 17.8. The number of hydrogen-bond donors (Lipinski definition) is 0. The molecule has 0 heterocycles. The second-order valence-electron chi connectivity index (χ2n) is 8.25. The second-order valence-corrected chi connectivity index (χ2v) is 18.4. The summed E-state index contributed by atoms with van der Waals surface area (Å²) in [6, 6.07) is 49.8. The van der Waals surface area contributed by atoms with E-state index in [0.29, 0.717) is 11.1 Å². The first kappa shape index (κ1) is 24.2. The van der Waals surface area contributed by atoms with Crippen molar-refractivity contribution in [2.24, 2.45) is 0 Å². The summed E-state index contributed by atoms with van der Waals surface area (Å²) in [6.45, 7) is 0. The first-order valence-electron chi connectivity index (χ1n) is 11.7. The van der Waals surface area contributed by atoms with Crippen molar-refractivity contribution in [3.8, 4) is 10.1 Å². The molecule has 3 heteroatoms. The minimum atomic E-state index is -2.31. The predicted octanol–water partition coefficient (Wildman–Crippen LogP) is 5.95. The zero-order valence-electron chi connectivity index (χ0n) is 19.6. The third kappa shape index (κ3) is 5.19. The minimum absolute atomic E-state index is 0.0226. The summed E-state index contributed by atoms with van der Waals surface area (Å²) in [7, 11) is 0. The molecule has 5 aromatic carbocycles. The Morgan fingerprint density at radius 1 is 0.528 bits per heavy atom. The summed E-state index contributed by atoms with van der Waals surface area (Å²) < 4.78 is 3.64. The first-order valence-corrected chi connectivity index (χ1v) is 17.9. The van der Waals surface area contributed by atoms with Gasteiger partial charge in [-0.2, -0.15) is 0 Å². The third-order valence-electron chi connectivity index (χ3n) is 5.94. The number of ketones is 1. The van der Waals surface area contributed by atoms with Gasteiger partial charge in [0.2, 0.25) is 0 Å². The fourth-order valence-electron chi connectivity index (χ4n) is 4.21. The third-order valence-corrected chi connectivity index (χ3v) is 18.6. The molecule has 0 aliphatic heterocycles. The summed E-state index contributed by atoms with van der Waals surface area (Å²) in [5.41, 5.74) is 2.24. The topological polar surface area (TPSA) is 17.1 Å². The van der Waals surface area contributed by atoms with Crippen molar-refractivity contribution < 1.29 is 24.0 Å². The van der Waals surface area contributed by atoms with Crippen molar-refractivity contribution in [2.75, 3.05) is 0 Å². The number of hydrogen-bond acceptors (Lipinski definition) is 1. The Morgan fingerprint density at radius 2 is 0.972 bits per heavy atom. The molecule has 0 aliphatic carbocycles. The number of carbonyl (C=O) groups excluding carboxylic acids is 1. The molecule has 0 aromatic heterocycles. The molecule has 5 aromatic rings. The molecule has 0 amide bonds. The van der Waals surface area contributed by atoms with Crippen LogP contribution in [0.15, 0.2) is 146 Å². The molecule has 0 unspecified atom stereocenters. The van der Waals surface area contributed by atoms with Crippen LogP contribution in [0.5, 0.6) is 0 Å². The van der Waals surface area contributed by atoms with Gasteiger partial charge < -0.3 is 0 Å². The number of carbonyl (C=O) groups is 1. The molecular weight excluding hydrogens is 640 g/mol. The van der Waals surface area contributed by atoms with Gasteiger partial charge in [0.15, 0.2) is 0 Å². The van der Waals surface area contributed by atoms with E-state index in [2.05, 4.69) is 101 Å². The fourth-order valence-corrected chi connectivity index (χ4v) is 15.5. The van der Waals surface area contributed by atoms with Crippen LogP contribution < -0.4 is 15.9 Å². The van der Waals surface area contributed by atoms with Crippen LogP contribution in [0.1, 0.15) is 21.5 Å². The summed E-state index contributed by atoms with van der Waals surface area (Å²) in [5, 5.41) is 1.83. The van der Waals surface area contributed by atoms with Gasteiger partial charge in [0, 0.05) is 0 Å². The van der Waals surface area contributed by atoms with Crippen LogP contribution in [0.25, 0.3) is 0 Å². The van der Waals surface area contributed by atoms with Crippen LogP contribution in [0, 0.1) is 10.1 Å². The van der Waals surface area contributed by atoms with Gasteiger partial charge in [-0.15, -0.1) is 0 Å². The molecule has 0 bridgehead atoms. The van der Waals surface area contributed by atoms with Crippen molar-refractivity contribution in [1.82, 2.24) is 0 Å². The Morgan fingerprint density at radius 3 is 1.47 bits per heavy atom. The monoisotopic (exact) mass is 665 g/mol. The van der Waals surface area contributed by atoms with Crippen molar-refractivity contribution >= 4 is 26.8 Å². The van der Waals surface area contributed by atoms with E-state index in [1.165, 1.54) is 15.9 Å². The van der Waals surface area contributed by atoms with E-state index >= 15 is 0 Å². The molecule has 0 fully saturated rings. The molecule has 0 radical (unpaired) electrons. The maximum absolute atomic E-state index is 13.0. The van der Waals surface area contributed by atoms with Crippen LogP contribution >= 0.6 is 5.15 Å². The maximum atomic E-state index is 13.0. The molecule has 0 aliphatic rings. The summed E-state index contributed by atoms with van der Waals surface area (Å²) in [4.78, 5) is 13.0.